The molecule has 1 saturated heterocycles. The summed E-state index contributed by atoms with van der Waals surface area (Å²) < 4.78 is 12.7. The summed E-state index contributed by atoms with van der Waals surface area (Å²) in [5, 5.41) is 0. The fourth-order valence-corrected chi connectivity index (χ4v) is 1.87. The molecule has 0 atom stereocenters. The van der Waals surface area contributed by atoms with Crippen molar-refractivity contribution in [3.63, 3.8) is 0 Å². The van der Waals surface area contributed by atoms with Crippen molar-refractivity contribution in [1.29, 1.82) is 0 Å². The van der Waals surface area contributed by atoms with Gasteiger partial charge in [-0.25, -0.2) is 0 Å². The van der Waals surface area contributed by atoms with Gasteiger partial charge >= 0.3 is 7.12 Å². The van der Waals surface area contributed by atoms with E-state index < -0.39 is 0 Å². The Kier molecular flexibility index (Phi) is 2.21. The summed E-state index contributed by atoms with van der Waals surface area (Å²) in [6.07, 6.45) is 1.80. The van der Waals surface area contributed by atoms with Gasteiger partial charge in [0.1, 0.15) is 0 Å². The number of rotatable bonds is 1. The van der Waals surface area contributed by atoms with Crippen LogP contribution in [0.2, 0.25) is 0 Å². The molecule has 1 fully saturated rings. The molecular formula is C9H14BNO2S. The van der Waals surface area contributed by atoms with Crippen LogP contribution in [-0.4, -0.2) is 23.3 Å². The molecule has 2 heterocycles. The molecule has 3 nitrogen and oxygen atoms in total. The summed E-state index contributed by atoms with van der Waals surface area (Å²) in [5.74, 6) is 0. The molecule has 76 valence electrons. The highest BCUT2D eigenvalue weighted by Gasteiger charge is 2.52. The SMILES string of the molecule is CC1(C)OB(c2cncs2)OC1(C)C. The lowest BCUT2D eigenvalue weighted by molar-refractivity contribution is 0.00578. The van der Waals surface area contributed by atoms with Crippen LogP contribution in [0, 0.1) is 0 Å². The molecule has 5 heteroatoms. The highest BCUT2D eigenvalue weighted by molar-refractivity contribution is 7.20. The van der Waals surface area contributed by atoms with E-state index in [1.807, 2.05) is 27.7 Å². The summed E-state index contributed by atoms with van der Waals surface area (Å²) >= 11 is 1.56. The topological polar surface area (TPSA) is 31.4 Å². The molecule has 0 N–H and O–H groups in total. The van der Waals surface area contributed by atoms with Crippen molar-refractivity contribution in [1.82, 2.24) is 4.98 Å². The van der Waals surface area contributed by atoms with E-state index in [0.717, 1.165) is 4.78 Å². The molecular weight excluding hydrogens is 197 g/mol. The van der Waals surface area contributed by atoms with Crippen molar-refractivity contribution < 1.29 is 9.31 Å². The van der Waals surface area contributed by atoms with Gasteiger partial charge in [0.05, 0.1) is 21.5 Å². The predicted molar refractivity (Wildman–Crippen MR) is 57.8 cm³/mol. The van der Waals surface area contributed by atoms with Crippen molar-refractivity contribution in [2.75, 3.05) is 0 Å². The number of hydrogen-bond acceptors (Lipinski definition) is 4. The minimum absolute atomic E-state index is 0.257. The monoisotopic (exact) mass is 211 g/mol. The molecule has 0 spiro atoms. The third-order valence-electron chi connectivity index (χ3n) is 2.94. The van der Waals surface area contributed by atoms with E-state index >= 15 is 0 Å². The average molecular weight is 211 g/mol. The molecule has 0 amide bonds. The Morgan fingerprint density at radius 1 is 1.21 bits per heavy atom. The molecule has 1 aromatic rings. The quantitative estimate of drug-likeness (QED) is 0.658. The molecule has 0 saturated carbocycles. The van der Waals surface area contributed by atoms with Crippen LogP contribution in [-0.2, 0) is 9.31 Å². The van der Waals surface area contributed by atoms with E-state index in [1.54, 1.807) is 23.0 Å². The molecule has 1 aliphatic heterocycles. The van der Waals surface area contributed by atoms with Gasteiger partial charge in [-0.2, -0.15) is 0 Å². The van der Waals surface area contributed by atoms with Crippen LogP contribution in [0.25, 0.3) is 0 Å². The van der Waals surface area contributed by atoms with Gasteiger partial charge in [-0.15, -0.1) is 11.3 Å². The molecule has 14 heavy (non-hydrogen) atoms. The van der Waals surface area contributed by atoms with E-state index in [-0.39, 0.29) is 18.3 Å². The van der Waals surface area contributed by atoms with Crippen molar-refractivity contribution >= 4 is 23.2 Å². The van der Waals surface area contributed by atoms with Crippen molar-refractivity contribution in [2.24, 2.45) is 0 Å². The van der Waals surface area contributed by atoms with Gasteiger partial charge in [0.2, 0.25) is 0 Å². The summed E-state index contributed by atoms with van der Waals surface area (Å²) in [6, 6.07) is 0. The second kappa shape index (κ2) is 3.05. The lowest BCUT2D eigenvalue weighted by Gasteiger charge is -2.32. The third-order valence-corrected chi connectivity index (χ3v) is 3.73. The smallest absolute Gasteiger partial charge is 0.399 e. The molecule has 0 aromatic carbocycles. The first-order valence-corrected chi connectivity index (χ1v) is 5.54. The van der Waals surface area contributed by atoms with Crippen molar-refractivity contribution in [2.45, 2.75) is 38.9 Å². The van der Waals surface area contributed by atoms with Gasteiger partial charge in [0.25, 0.3) is 0 Å². The molecule has 2 rings (SSSR count). The maximum atomic E-state index is 5.86. The van der Waals surface area contributed by atoms with Gasteiger partial charge in [0.15, 0.2) is 0 Å². The van der Waals surface area contributed by atoms with Crippen LogP contribution < -0.4 is 4.78 Å². The van der Waals surface area contributed by atoms with Crippen LogP contribution in [0.5, 0.6) is 0 Å². The fraction of sp³-hybridized carbons (Fsp3) is 0.667. The Hall–Kier alpha value is -0.385. The lowest BCUT2D eigenvalue weighted by atomic mass is 9.89. The maximum absolute atomic E-state index is 5.86. The first-order chi connectivity index (χ1) is 6.42. The average Bonchev–Trinajstić information content (AvgIpc) is 2.58. The molecule has 1 aromatic heterocycles. The zero-order chi connectivity index (χ0) is 10.4. The minimum atomic E-state index is -0.262. The van der Waals surface area contributed by atoms with Gasteiger partial charge < -0.3 is 9.31 Å². The Morgan fingerprint density at radius 2 is 1.79 bits per heavy atom. The van der Waals surface area contributed by atoms with Crippen LogP contribution in [0.1, 0.15) is 27.7 Å². The zero-order valence-corrected chi connectivity index (χ0v) is 9.72. The Bertz CT molecular complexity index is 308. The Balaban J connectivity index is 2.22. The number of hydrogen-bond donors (Lipinski definition) is 0. The lowest BCUT2D eigenvalue weighted by Crippen LogP contribution is -2.41. The molecule has 0 unspecified atom stereocenters. The fourth-order valence-electron chi connectivity index (χ4n) is 1.30. The van der Waals surface area contributed by atoms with Gasteiger partial charge in [-0.05, 0) is 27.7 Å². The second-order valence-electron chi connectivity index (χ2n) is 4.49. The highest BCUT2D eigenvalue weighted by atomic mass is 32.1. The van der Waals surface area contributed by atoms with Crippen LogP contribution >= 0.6 is 11.3 Å². The molecule has 0 radical (unpaired) electrons. The molecule has 0 aliphatic carbocycles. The Labute approximate surface area is 88.6 Å². The summed E-state index contributed by atoms with van der Waals surface area (Å²) in [6.45, 7) is 8.20. The molecule has 1 aliphatic rings. The van der Waals surface area contributed by atoms with E-state index in [2.05, 4.69) is 4.98 Å². The second-order valence-corrected chi connectivity index (χ2v) is 5.41. The zero-order valence-electron chi connectivity index (χ0n) is 8.90. The number of aromatic nitrogens is 1. The van der Waals surface area contributed by atoms with E-state index in [4.69, 9.17) is 9.31 Å². The first-order valence-electron chi connectivity index (χ1n) is 4.66. The van der Waals surface area contributed by atoms with Crippen molar-refractivity contribution in [3.05, 3.63) is 11.7 Å². The minimum Gasteiger partial charge on any atom is -0.399 e. The standard InChI is InChI=1S/C9H14BNO2S/c1-8(2)9(3,4)13-10(12-8)7-5-11-6-14-7/h5-6H,1-4H3. The first kappa shape index (κ1) is 10.1. The third kappa shape index (κ3) is 1.49. The largest absolute Gasteiger partial charge is 0.507 e. The summed E-state index contributed by atoms with van der Waals surface area (Å²) in [7, 11) is -0.257. The number of thiazole rings is 1. The van der Waals surface area contributed by atoms with Gasteiger partial charge in [-0.1, -0.05) is 0 Å². The van der Waals surface area contributed by atoms with Gasteiger partial charge in [0, 0.05) is 6.20 Å². The van der Waals surface area contributed by atoms with E-state index in [1.165, 1.54) is 0 Å². The molecule has 0 bridgehead atoms. The maximum Gasteiger partial charge on any atom is 0.507 e. The highest BCUT2D eigenvalue weighted by Crippen LogP contribution is 2.36. The van der Waals surface area contributed by atoms with Crippen LogP contribution in [0.4, 0.5) is 0 Å². The summed E-state index contributed by atoms with van der Waals surface area (Å²) in [5.41, 5.74) is 1.27. The van der Waals surface area contributed by atoms with E-state index in [0.29, 0.717) is 0 Å². The van der Waals surface area contributed by atoms with Crippen molar-refractivity contribution in [3.8, 4) is 0 Å². The number of nitrogens with zero attached hydrogens (tertiary/aromatic N) is 1. The van der Waals surface area contributed by atoms with Gasteiger partial charge in [-0.3, -0.25) is 4.98 Å². The van der Waals surface area contributed by atoms with Crippen LogP contribution in [0.15, 0.2) is 11.7 Å². The van der Waals surface area contributed by atoms with Crippen LogP contribution in [0.3, 0.4) is 0 Å². The normalized spacial score (nSPS) is 24.1. The predicted octanol–water partition coefficient (Wildman–Crippen LogP) is 1.44. The Morgan fingerprint density at radius 3 is 2.21 bits per heavy atom. The van der Waals surface area contributed by atoms with E-state index in [9.17, 15) is 0 Å². The summed E-state index contributed by atoms with van der Waals surface area (Å²) in [4.78, 5) is 4.02.